The Morgan fingerprint density at radius 3 is 3.09 bits per heavy atom. The van der Waals surface area contributed by atoms with Gasteiger partial charge in [0.1, 0.15) is 0 Å². The summed E-state index contributed by atoms with van der Waals surface area (Å²) in [6, 6.07) is 0. The van der Waals surface area contributed by atoms with E-state index in [4.69, 9.17) is 0 Å². The lowest BCUT2D eigenvalue weighted by Gasteiger charge is -2.09. The van der Waals surface area contributed by atoms with E-state index in [2.05, 4.69) is 4.98 Å². The van der Waals surface area contributed by atoms with Crippen molar-refractivity contribution in [2.45, 2.75) is 0 Å². The highest BCUT2D eigenvalue weighted by molar-refractivity contribution is 7.13. The number of rotatable bonds is 1. The molecule has 1 amide bonds. The number of hydrogen-bond acceptors (Lipinski definition) is 3. The average Bonchev–Trinajstić information content (AvgIpc) is 2.55. The maximum absolute atomic E-state index is 11.1. The summed E-state index contributed by atoms with van der Waals surface area (Å²) in [4.78, 5) is 16.8. The van der Waals surface area contributed by atoms with E-state index in [9.17, 15) is 4.79 Å². The summed E-state index contributed by atoms with van der Waals surface area (Å²) in [5.41, 5.74) is 0. The van der Waals surface area contributed by atoms with E-state index >= 15 is 0 Å². The molecule has 11 heavy (non-hydrogen) atoms. The lowest BCUT2D eigenvalue weighted by molar-refractivity contribution is -0.113. The molecule has 3 nitrogen and oxygen atoms in total. The molecular formula is C7H6N2OS. The molecule has 0 unspecified atom stereocenters. The number of nitrogens with zero attached hydrogens (tertiary/aromatic N) is 2. The molecule has 0 fully saturated rings. The topological polar surface area (TPSA) is 33.2 Å². The van der Waals surface area contributed by atoms with Crippen molar-refractivity contribution in [2.75, 3.05) is 11.4 Å². The van der Waals surface area contributed by atoms with Crippen molar-refractivity contribution in [3.63, 3.8) is 0 Å². The lowest BCUT2D eigenvalue weighted by atomic mass is 10.6. The molecule has 0 saturated carbocycles. The third-order valence-corrected chi connectivity index (χ3v) is 2.26. The van der Waals surface area contributed by atoms with Crippen molar-refractivity contribution >= 4 is 22.4 Å². The Morgan fingerprint density at radius 1 is 1.64 bits per heavy atom. The van der Waals surface area contributed by atoms with Crippen LogP contribution in [0.4, 0.5) is 5.13 Å². The maximum Gasteiger partial charge on any atom is 0.252 e. The van der Waals surface area contributed by atoms with E-state index in [1.54, 1.807) is 17.2 Å². The van der Waals surface area contributed by atoms with Crippen LogP contribution < -0.4 is 4.90 Å². The summed E-state index contributed by atoms with van der Waals surface area (Å²) < 4.78 is 0. The smallest absolute Gasteiger partial charge is 0.252 e. The van der Waals surface area contributed by atoms with Gasteiger partial charge in [-0.2, -0.15) is 0 Å². The van der Waals surface area contributed by atoms with Crippen LogP contribution in [0.15, 0.2) is 23.7 Å². The van der Waals surface area contributed by atoms with Gasteiger partial charge in [-0.1, -0.05) is 6.08 Å². The molecule has 0 atom stereocenters. The summed E-state index contributed by atoms with van der Waals surface area (Å²) in [5, 5.41) is 2.64. The summed E-state index contributed by atoms with van der Waals surface area (Å²) in [7, 11) is 0. The Bertz CT molecular complexity index is 291. The van der Waals surface area contributed by atoms with E-state index in [1.165, 1.54) is 11.3 Å². The van der Waals surface area contributed by atoms with E-state index in [1.807, 2.05) is 11.5 Å². The van der Waals surface area contributed by atoms with Gasteiger partial charge in [-0.3, -0.25) is 9.69 Å². The zero-order valence-corrected chi connectivity index (χ0v) is 6.54. The first-order chi connectivity index (χ1) is 5.38. The predicted octanol–water partition coefficient (Wildman–Crippen LogP) is 1.05. The minimum absolute atomic E-state index is 0.0277. The van der Waals surface area contributed by atoms with Crippen LogP contribution in [0, 0.1) is 0 Å². The van der Waals surface area contributed by atoms with Crippen LogP contribution in [0.5, 0.6) is 0 Å². The third-order valence-electron chi connectivity index (χ3n) is 1.46. The average molecular weight is 166 g/mol. The molecule has 0 spiro atoms. The van der Waals surface area contributed by atoms with Crippen LogP contribution in [0.3, 0.4) is 0 Å². The molecule has 1 aromatic heterocycles. The van der Waals surface area contributed by atoms with Crippen molar-refractivity contribution in [2.24, 2.45) is 0 Å². The standard InChI is InChI=1S/C7H6N2OS/c10-6-2-1-4-9(6)7-8-3-5-11-7/h1-3,5H,4H2. The minimum Gasteiger partial charge on any atom is -0.281 e. The van der Waals surface area contributed by atoms with Crippen LogP contribution in [0.1, 0.15) is 0 Å². The van der Waals surface area contributed by atoms with E-state index in [-0.39, 0.29) is 5.91 Å². The summed E-state index contributed by atoms with van der Waals surface area (Å²) >= 11 is 1.48. The number of anilines is 1. The van der Waals surface area contributed by atoms with Crippen molar-refractivity contribution < 1.29 is 4.79 Å². The Hall–Kier alpha value is -1.16. The molecule has 2 rings (SSSR count). The molecular weight excluding hydrogens is 160 g/mol. The third kappa shape index (κ3) is 1.05. The first-order valence-electron chi connectivity index (χ1n) is 3.25. The summed E-state index contributed by atoms with van der Waals surface area (Å²) in [6.07, 6.45) is 5.11. The van der Waals surface area contributed by atoms with Crippen LogP contribution in [0.2, 0.25) is 0 Å². The fourth-order valence-corrected chi connectivity index (χ4v) is 1.62. The molecule has 0 N–H and O–H groups in total. The largest absolute Gasteiger partial charge is 0.281 e. The van der Waals surface area contributed by atoms with Gasteiger partial charge in [-0.15, -0.1) is 11.3 Å². The molecule has 56 valence electrons. The molecule has 0 aliphatic carbocycles. The van der Waals surface area contributed by atoms with Gasteiger partial charge in [0, 0.05) is 24.2 Å². The van der Waals surface area contributed by atoms with Crippen LogP contribution in [0.25, 0.3) is 0 Å². The minimum atomic E-state index is 0.0277. The van der Waals surface area contributed by atoms with Crippen molar-refractivity contribution in [3.8, 4) is 0 Å². The normalized spacial score (nSPS) is 16.4. The van der Waals surface area contributed by atoms with Gasteiger partial charge in [-0.05, 0) is 0 Å². The van der Waals surface area contributed by atoms with Gasteiger partial charge >= 0.3 is 0 Å². The quantitative estimate of drug-likeness (QED) is 0.624. The van der Waals surface area contributed by atoms with Gasteiger partial charge in [0.05, 0.1) is 0 Å². The van der Waals surface area contributed by atoms with Crippen LogP contribution >= 0.6 is 11.3 Å². The fourth-order valence-electron chi connectivity index (χ4n) is 0.960. The second-order valence-corrected chi connectivity index (χ2v) is 3.04. The van der Waals surface area contributed by atoms with Gasteiger partial charge in [-0.25, -0.2) is 4.98 Å². The van der Waals surface area contributed by atoms with Crippen LogP contribution in [-0.4, -0.2) is 17.4 Å². The number of carbonyl (C=O) groups excluding carboxylic acids is 1. The molecule has 0 radical (unpaired) electrons. The number of hydrogen-bond donors (Lipinski definition) is 0. The Kier molecular flexibility index (Phi) is 1.47. The zero-order chi connectivity index (χ0) is 7.68. The first-order valence-corrected chi connectivity index (χ1v) is 4.13. The Morgan fingerprint density at radius 2 is 2.55 bits per heavy atom. The van der Waals surface area contributed by atoms with Crippen molar-refractivity contribution in [1.82, 2.24) is 4.98 Å². The maximum atomic E-state index is 11.1. The Balaban J connectivity index is 2.26. The second-order valence-electron chi connectivity index (χ2n) is 2.17. The van der Waals surface area contributed by atoms with Crippen LogP contribution in [-0.2, 0) is 4.79 Å². The van der Waals surface area contributed by atoms with E-state index in [0.29, 0.717) is 6.54 Å². The van der Waals surface area contributed by atoms with Gasteiger partial charge in [0.15, 0.2) is 5.13 Å². The molecule has 0 saturated heterocycles. The highest BCUT2D eigenvalue weighted by atomic mass is 32.1. The molecule has 2 heterocycles. The fraction of sp³-hybridized carbons (Fsp3) is 0.143. The van der Waals surface area contributed by atoms with E-state index in [0.717, 1.165) is 5.13 Å². The molecule has 1 aliphatic heterocycles. The monoisotopic (exact) mass is 166 g/mol. The predicted molar refractivity (Wildman–Crippen MR) is 43.6 cm³/mol. The van der Waals surface area contributed by atoms with Gasteiger partial charge in [0.2, 0.25) is 0 Å². The lowest BCUT2D eigenvalue weighted by Crippen LogP contribution is -2.24. The molecule has 0 bridgehead atoms. The summed E-state index contributed by atoms with van der Waals surface area (Å²) in [6.45, 7) is 0.659. The summed E-state index contributed by atoms with van der Waals surface area (Å²) in [5.74, 6) is 0.0277. The molecule has 4 heteroatoms. The number of thiazole rings is 1. The number of carbonyl (C=O) groups is 1. The van der Waals surface area contributed by atoms with E-state index < -0.39 is 0 Å². The van der Waals surface area contributed by atoms with Crippen molar-refractivity contribution in [3.05, 3.63) is 23.7 Å². The van der Waals surface area contributed by atoms with Gasteiger partial charge in [0.25, 0.3) is 5.91 Å². The number of amides is 1. The molecule has 1 aromatic rings. The first kappa shape index (κ1) is 6.54. The number of aromatic nitrogens is 1. The van der Waals surface area contributed by atoms with Crippen molar-refractivity contribution in [1.29, 1.82) is 0 Å². The Labute approximate surface area is 68.0 Å². The second kappa shape index (κ2) is 2.47. The van der Waals surface area contributed by atoms with Gasteiger partial charge < -0.3 is 0 Å². The zero-order valence-electron chi connectivity index (χ0n) is 5.73. The molecule has 1 aliphatic rings. The highest BCUT2D eigenvalue weighted by Gasteiger charge is 2.17. The highest BCUT2D eigenvalue weighted by Crippen LogP contribution is 2.19. The molecule has 0 aromatic carbocycles. The SMILES string of the molecule is O=C1C=CCN1c1nccs1.